The Hall–Kier alpha value is -3.45. The van der Waals surface area contributed by atoms with Gasteiger partial charge in [-0.2, -0.15) is 0 Å². The molecule has 0 aliphatic carbocycles. The van der Waals surface area contributed by atoms with Gasteiger partial charge in [-0.3, -0.25) is 10.1 Å². The molecule has 0 bridgehead atoms. The van der Waals surface area contributed by atoms with E-state index in [1.807, 2.05) is 41.8 Å². The average Bonchev–Trinajstić information content (AvgIpc) is 3.28. The van der Waals surface area contributed by atoms with Crippen molar-refractivity contribution in [2.75, 3.05) is 0 Å². The van der Waals surface area contributed by atoms with Crippen molar-refractivity contribution < 1.29 is 9.34 Å². The monoisotopic (exact) mass is 408 g/mol. The Labute approximate surface area is 171 Å². The van der Waals surface area contributed by atoms with Crippen molar-refractivity contribution in [1.29, 1.82) is 0 Å². The van der Waals surface area contributed by atoms with Crippen LogP contribution in [0.2, 0.25) is 5.02 Å². The maximum Gasteiger partial charge on any atom is 0.433 e. The third-order valence-corrected chi connectivity index (χ3v) is 4.95. The highest BCUT2D eigenvalue weighted by Gasteiger charge is 2.14. The van der Waals surface area contributed by atoms with Crippen LogP contribution in [0.3, 0.4) is 0 Å². The van der Waals surface area contributed by atoms with Crippen LogP contribution in [0.4, 0.5) is 11.8 Å². The molecule has 4 rings (SSSR count). The van der Waals surface area contributed by atoms with Crippen LogP contribution in [0.1, 0.15) is 22.5 Å². The van der Waals surface area contributed by atoms with Gasteiger partial charge < -0.3 is 8.98 Å². The fourth-order valence-electron chi connectivity index (χ4n) is 3.03. The van der Waals surface area contributed by atoms with Crippen LogP contribution in [0.25, 0.3) is 11.0 Å². The predicted octanol–water partition coefficient (Wildman–Crippen LogP) is 5.61. The van der Waals surface area contributed by atoms with Gasteiger partial charge in [0.15, 0.2) is 5.76 Å². The second-order valence-corrected chi connectivity index (χ2v) is 7.18. The van der Waals surface area contributed by atoms with Gasteiger partial charge in [0.2, 0.25) is 5.95 Å². The minimum atomic E-state index is -0.585. The molecule has 29 heavy (non-hydrogen) atoms. The number of benzene rings is 2. The van der Waals surface area contributed by atoms with Crippen LogP contribution in [0, 0.1) is 24.0 Å². The maximum atomic E-state index is 10.8. The number of rotatable bonds is 5. The fourth-order valence-corrected chi connectivity index (χ4v) is 3.15. The SMILES string of the molecule is Cc1cc2nc(/N=C/c3ccc([N+](=O)[O-])o3)n(Cc3ccc(Cl)cc3)c2cc1C. The van der Waals surface area contributed by atoms with Crippen molar-refractivity contribution in [2.24, 2.45) is 4.99 Å². The van der Waals surface area contributed by atoms with Gasteiger partial charge >= 0.3 is 5.88 Å². The summed E-state index contributed by atoms with van der Waals surface area (Å²) < 4.78 is 7.15. The minimum Gasteiger partial charge on any atom is -0.400 e. The van der Waals surface area contributed by atoms with E-state index in [0.29, 0.717) is 17.5 Å². The van der Waals surface area contributed by atoms with Crippen LogP contribution >= 0.6 is 11.6 Å². The summed E-state index contributed by atoms with van der Waals surface area (Å²) in [6.45, 7) is 4.65. The van der Waals surface area contributed by atoms with Crippen molar-refractivity contribution in [2.45, 2.75) is 20.4 Å². The fraction of sp³-hybridized carbons (Fsp3) is 0.143. The highest BCUT2D eigenvalue weighted by atomic mass is 35.5. The number of furan rings is 1. The van der Waals surface area contributed by atoms with Crippen LogP contribution in [0.15, 0.2) is 57.9 Å². The lowest BCUT2D eigenvalue weighted by Crippen LogP contribution is -2.00. The quantitative estimate of drug-likeness (QED) is 0.244. The predicted molar refractivity (Wildman–Crippen MR) is 112 cm³/mol. The van der Waals surface area contributed by atoms with E-state index < -0.39 is 4.92 Å². The lowest BCUT2D eigenvalue weighted by molar-refractivity contribution is -0.402. The Bertz CT molecular complexity index is 1240. The summed E-state index contributed by atoms with van der Waals surface area (Å²) in [7, 11) is 0. The summed E-state index contributed by atoms with van der Waals surface area (Å²) in [6, 6.07) is 14.5. The van der Waals surface area contributed by atoms with Crippen molar-refractivity contribution in [3.63, 3.8) is 0 Å². The van der Waals surface area contributed by atoms with Gasteiger partial charge in [-0.05, 0) is 60.9 Å². The molecular weight excluding hydrogens is 392 g/mol. The highest BCUT2D eigenvalue weighted by Crippen LogP contribution is 2.26. The van der Waals surface area contributed by atoms with Gasteiger partial charge in [0.25, 0.3) is 0 Å². The van der Waals surface area contributed by atoms with Crippen LogP contribution in [-0.2, 0) is 6.54 Å². The molecule has 2 aromatic heterocycles. The van der Waals surface area contributed by atoms with E-state index in [1.165, 1.54) is 18.3 Å². The summed E-state index contributed by atoms with van der Waals surface area (Å²) in [5.41, 5.74) is 5.15. The zero-order valence-electron chi connectivity index (χ0n) is 15.8. The highest BCUT2D eigenvalue weighted by molar-refractivity contribution is 6.30. The van der Waals surface area contributed by atoms with Crippen molar-refractivity contribution in [3.8, 4) is 0 Å². The molecule has 4 aromatic rings. The van der Waals surface area contributed by atoms with Crippen LogP contribution in [-0.4, -0.2) is 20.7 Å². The third-order valence-electron chi connectivity index (χ3n) is 4.70. The number of imidazole rings is 1. The first-order valence-electron chi connectivity index (χ1n) is 8.91. The van der Waals surface area contributed by atoms with Crippen LogP contribution in [0.5, 0.6) is 0 Å². The number of halogens is 1. The summed E-state index contributed by atoms with van der Waals surface area (Å²) in [5, 5.41) is 11.5. The van der Waals surface area contributed by atoms with Gasteiger partial charge in [-0.15, -0.1) is 0 Å². The van der Waals surface area contributed by atoms with E-state index in [2.05, 4.69) is 23.0 Å². The first-order chi connectivity index (χ1) is 13.9. The average molecular weight is 409 g/mol. The van der Waals surface area contributed by atoms with Gasteiger partial charge in [-0.1, -0.05) is 23.7 Å². The summed E-state index contributed by atoms with van der Waals surface area (Å²) in [6.07, 6.45) is 1.44. The van der Waals surface area contributed by atoms with E-state index in [9.17, 15) is 10.1 Å². The van der Waals surface area contributed by atoms with E-state index in [4.69, 9.17) is 16.0 Å². The molecule has 0 N–H and O–H groups in total. The number of hydrogen-bond acceptors (Lipinski definition) is 5. The van der Waals surface area contributed by atoms with Crippen LogP contribution < -0.4 is 0 Å². The molecule has 0 saturated carbocycles. The van der Waals surface area contributed by atoms with Gasteiger partial charge in [0.05, 0.1) is 29.9 Å². The summed E-state index contributed by atoms with van der Waals surface area (Å²) in [5.74, 6) is 0.445. The Morgan fingerprint density at radius 3 is 2.59 bits per heavy atom. The number of nitrogens with zero attached hydrogens (tertiary/aromatic N) is 4. The largest absolute Gasteiger partial charge is 0.433 e. The van der Waals surface area contributed by atoms with E-state index in [1.54, 1.807) is 0 Å². The molecule has 2 heterocycles. The molecule has 7 nitrogen and oxygen atoms in total. The topological polar surface area (TPSA) is 86.5 Å². The summed E-state index contributed by atoms with van der Waals surface area (Å²) >= 11 is 6.00. The molecule has 0 atom stereocenters. The van der Waals surface area contributed by atoms with E-state index >= 15 is 0 Å². The minimum absolute atomic E-state index is 0.286. The number of fused-ring (bicyclic) bond motifs is 1. The number of aliphatic imine (C=N–C) groups is 1. The van der Waals surface area contributed by atoms with Gasteiger partial charge in [0, 0.05) is 5.02 Å². The standard InChI is InChI=1S/C21H17ClN4O3/c1-13-9-18-19(10-14(13)2)25(12-15-3-5-16(22)6-4-15)21(24-18)23-11-17-7-8-20(29-17)26(27)28/h3-11H,12H2,1-2H3/b23-11+. The second-order valence-electron chi connectivity index (χ2n) is 6.74. The smallest absolute Gasteiger partial charge is 0.400 e. The second kappa shape index (κ2) is 7.52. The van der Waals surface area contributed by atoms with E-state index in [0.717, 1.165) is 27.7 Å². The van der Waals surface area contributed by atoms with Gasteiger partial charge in [0.1, 0.15) is 4.92 Å². The maximum absolute atomic E-state index is 10.8. The molecule has 0 radical (unpaired) electrons. The normalized spacial score (nSPS) is 11.6. The van der Waals surface area contributed by atoms with E-state index in [-0.39, 0.29) is 11.6 Å². The Balaban J connectivity index is 1.77. The molecule has 0 aliphatic rings. The molecule has 0 spiro atoms. The first kappa shape index (κ1) is 18.9. The Morgan fingerprint density at radius 1 is 1.17 bits per heavy atom. The number of aromatic nitrogens is 2. The lowest BCUT2D eigenvalue weighted by Gasteiger charge is -2.08. The Kier molecular flexibility index (Phi) is 4.90. The van der Waals surface area contributed by atoms with Crippen molar-refractivity contribution in [1.82, 2.24) is 9.55 Å². The Morgan fingerprint density at radius 2 is 1.90 bits per heavy atom. The lowest BCUT2D eigenvalue weighted by atomic mass is 10.1. The zero-order chi connectivity index (χ0) is 20.5. The van der Waals surface area contributed by atoms with Gasteiger partial charge in [-0.25, -0.2) is 9.98 Å². The molecule has 0 saturated heterocycles. The molecule has 2 aromatic carbocycles. The first-order valence-corrected chi connectivity index (χ1v) is 9.29. The molecule has 0 aliphatic heterocycles. The molecule has 0 amide bonds. The molecule has 0 unspecified atom stereocenters. The third kappa shape index (κ3) is 3.90. The molecule has 0 fully saturated rings. The molecule has 8 heteroatoms. The zero-order valence-corrected chi connectivity index (χ0v) is 16.6. The molecular formula is C21H17ClN4O3. The number of aryl methyl sites for hydroxylation is 2. The molecule has 146 valence electrons. The number of nitro groups is 1. The summed E-state index contributed by atoms with van der Waals surface area (Å²) in [4.78, 5) is 19.3. The number of hydrogen-bond donors (Lipinski definition) is 0. The van der Waals surface area contributed by atoms with Crippen molar-refractivity contribution in [3.05, 3.63) is 86.1 Å². The van der Waals surface area contributed by atoms with Crippen molar-refractivity contribution >= 4 is 40.7 Å².